The third kappa shape index (κ3) is 2.48. The number of thiocarbonyl (C=S) groups is 1. The van der Waals surface area contributed by atoms with Gasteiger partial charge in [0.1, 0.15) is 0 Å². The van der Waals surface area contributed by atoms with Crippen molar-refractivity contribution in [1.29, 1.82) is 0 Å². The number of benzene rings is 1. The zero-order valence-corrected chi connectivity index (χ0v) is 9.54. The molecule has 2 N–H and O–H groups in total. The predicted octanol–water partition coefficient (Wildman–Crippen LogP) is 2.11. The molecule has 0 saturated carbocycles. The van der Waals surface area contributed by atoms with Crippen molar-refractivity contribution in [2.24, 2.45) is 5.73 Å². The molecule has 0 aliphatic carbocycles. The summed E-state index contributed by atoms with van der Waals surface area (Å²) in [7, 11) is 0. The van der Waals surface area contributed by atoms with Crippen molar-refractivity contribution in [3.63, 3.8) is 0 Å². The van der Waals surface area contributed by atoms with Crippen LogP contribution in [0.25, 0.3) is 0 Å². The third-order valence-corrected chi connectivity index (χ3v) is 3.34. The van der Waals surface area contributed by atoms with Gasteiger partial charge in [-0.25, -0.2) is 0 Å². The lowest BCUT2D eigenvalue weighted by Crippen LogP contribution is -2.40. The van der Waals surface area contributed by atoms with Gasteiger partial charge in [-0.3, -0.25) is 0 Å². The summed E-state index contributed by atoms with van der Waals surface area (Å²) in [6.07, 6.45) is 2.31. The number of rotatable bonds is 1. The predicted molar refractivity (Wildman–Crippen MR) is 66.8 cm³/mol. The minimum atomic E-state index is 0.543. The molecule has 0 radical (unpaired) electrons. The number of nitrogens with zero attached hydrogens (tertiary/aromatic N) is 1. The fourth-order valence-corrected chi connectivity index (χ4v) is 2.34. The Bertz CT molecular complexity index is 329. The van der Waals surface area contributed by atoms with Crippen LogP contribution in [0.4, 0.5) is 0 Å². The van der Waals surface area contributed by atoms with Gasteiger partial charge in [-0.15, -0.1) is 0 Å². The first-order chi connectivity index (χ1) is 7.27. The molecule has 0 spiro atoms. The lowest BCUT2D eigenvalue weighted by atomic mass is 9.90. The Morgan fingerprint density at radius 3 is 2.33 bits per heavy atom. The molecule has 1 aliphatic rings. The van der Waals surface area contributed by atoms with Crippen molar-refractivity contribution in [1.82, 2.24) is 4.90 Å². The highest BCUT2D eigenvalue weighted by molar-refractivity contribution is 7.80. The summed E-state index contributed by atoms with van der Waals surface area (Å²) in [6, 6.07) is 10.7. The van der Waals surface area contributed by atoms with Crippen LogP contribution in [0.15, 0.2) is 30.3 Å². The molecule has 1 aromatic carbocycles. The van der Waals surface area contributed by atoms with Crippen molar-refractivity contribution in [2.45, 2.75) is 18.8 Å². The highest BCUT2D eigenvalue weighted by Crippen LogP contribution is 2.27. The highest BCUT2D eigenvalue weighted by Gasteiger charge is 2.20. The van der Waals surface area contributed by atoms with Gasteiger partial charge in [0.2, 0.25) is 0 Å². The van der Waals surface area contributed by atoms with E-state index in [0.29, 0.717) is 11.0 Å². The molecule has 2 rings (SSSR count). The Morgan fingerprint density at radius 2 is 1.80 bits per heavy atom. The maximum atomic E-state index is 5.61. The molecule has 1 aliphatic heterocycles. The van der Waals surface area contributed by atoms with E-state index >= 15 is 0 Å². The fraction of sp³-hybridized carbons (Fsp3) is 0.417. The zero-order chi connectivity index (χ0) is 10.7. The number of hydrogen-bond donors (Lipinski definition) is 1. The van der Waals surface area contributed by atoms with E-state index in [-0.39, 0.29) is 0 Å². The topological polar surface area (TPSA) is 29.3 Å². The van der Waals surface area contributed by atoms with Crippen molar-refractivity contribution < 1.29 is 0 Å². The minimum Gasteiger partial charge on any atom is -0.376 e. The Kier molecular flexibility index (Phi) is 3.21. The van der Waals surface area contributed by atoms with Gasteiger partial charge in [0, 0.05) is 13.1 Å². The summed E-state index contributed by atoms with van der Waals surface area (Å²) in [5, 5.41) is 0.543. The van der Waals surface area contributed by atoms with Crippen LogP contribution >= 0.6 is 12.2 Å². The summed E-state index contributed by atoms with van der Waals surface area (Å²) >= 11 is 4.97. The van der Waals surface area contributed by atoms with Gasteiger partial charge in [0.25, 0.3) is 0 Å². The molecule has 0 amide bonds. The van der Waals surface area contributed by atoms with E-state index in [4.69, 9.17) is 18.0 Å². The third-order valence-electron chi connectivity index (χ3n) is 3.08. The average Bonchev–Trinajstić information content (AvgIpc) is 2.30. The van der Waals surface area contributed by atoms with E-state index in [1.54, 1.807) is 0 Å². The van der Waals surface area contributed by atoms with Crippen molar-refractivity contribution in [3.8, 4) is 0 Å². The quantitative estimate of drug-likeness (QED) is 0.735. The van der Waals surface area contributed by atoms with Gasteiger partial charge in [0.05, 0.1) is 0 Å². The molecule has 15 heavy (non-hydrogen) atoms. The van der Waals surface area contributed by atoms with Crippen molar-refractivity contribution in [2.75, 3.05) is 13.1 Å². The fourth-order valence-electron chi connectivity index (χ4n) is 2.16. The number of hydrogen-bond acceptors (Lipinski definition) is 1. The van der Waals surface area contributed by atoms with Crippen LogP contribution < -0.4 is 5.73 Å². The molecule has 1 heterocycles. The van der Waals surface area contributed by atoms with E-state index < -0.39 is 0 Å². The SMILES string of the molecule is NC(=S)N1CCC(c2ccccc2)CC1. The van der Waals surface area contributed by atoms with Crippen LogP contribution in [-0.2, 0) is 0 Å². The van der Waals surface area contributed by atoms with Crippen molar-refractivity contribution >= 4 is 17.3 Å². The molecule has 1 aromatic rings. The molecular formula is C12H16N2S. The smallest absolute Gasteiger partial charge is 0.166 e. The first kappa shape index (κ1) is 10.4. The average molecular weight is 220 g/mol. The summed E-state index contributed by atoms with van der Waals surface area (Å²) < 4.78 is 0. The van der Waals surface area contributed by atoms with E-state index in [2.05, 4.69) is 35.2 Å². The Labute approximate surface area is 96.1 Å². The normalized spacial score (nSPS) is 17.7. The number of piperidine rings is 1. The van der Waals surface area contributed by atoms with Crippen LogP contribution in [0.1, 0.15) is 24.3 Å². The van der Waals surface area contributed by atoms with E-state index in [1.807, 2.05) is 0 Å². The van der Waals surface area contributed by atoms with Crippen molar-refractivity contribution in [3.05, 3.63) is 35.9 Å². The number of nitrogens with two attached hydrogens (primary N) is 1. The Morgan fingerprint density at radius 1 is 1.20 bits per heavy atom. The van der Waals surface area contributed by atoms with Gasteiger partial charge in [0.15, 0.2) is 5.11 Å². The summed E-state index contributed by atoms with van der Waals surface area (Å²) in [5.74, 6) is 0.678. The summed E-state index contributed by atoms with van der Waals surface area (Å²) in [6.45, 7) is 1.99. The highest BCUT2D eigenvalue weighted by atomic mass is 32.1. The van der Waals surface area contributed by atoms with Crippen LogP contribution in [0, 0.1) is 0 Å². The standard InChI is InChI=1S/C12H16N2S/c13-12(15)14-8-6-11(7-9-14)10-4-2-1-3-5-10/h1-5,11H,6-9H2,(H2,13,15). The molecule has 0 unspecified atom stereocenters. The summed E-state index contributed by atoms with van der Waals surface area (Å²) in [4.78, 5) is 2.09. The lowest BCUT2D eigenvalue weighted by molar-refractivity contribution is 0.315. The van der Waals surface area contributed by atoms with Gasteiger partial charge in [-0.1, -0.05) is 30.3 Å². The minimum absolute atomic E-state index is 0.543. The van der Waals surface area contributed by atoms with Gasteiger partial charge in [-0.2, -0.15) is 0 Å². The Balaban J connectivity index is 1.97. The molecule has 3 heteroatoms. The maximum absolute atomic E-state index is 5.61. The van der Waals surface area contributed by atoms with Crippen LogP contribution in [0.3, 0.4) is 0 Å². The van der Waals surface area contributed by atoms with Crippen LogP contribution in [0.5, 0.6) is 0 Å². The molecular weight excluding hydrogens is 204 g/mol. The van der Waals surface area contributed by atoms with E-state index in [0.717, 1.165) is 25.9 Å². The second-order valence-corrected chi connectivity index (χ2v) is 4.43. The molecule has 0 aromatic heterocycles. The second-order valence-electron chi connectivity index (χ2n) is 4.01. The molecule has 1 fully saturated rings. The van der Waals surface area contributed by atoms with Crippen LogP contribution in [-0.4, -0.2) is 23.1 Å². The van der Waals surface area contributed by atoms with Crippen LogP contribution in [0.2, 0.25) is 0 Å². The summed E-state index contributed by atoms with van der Waals surface area (Å²) in [5.41, 5.74) is 7.05. The maximum Gasteiger partial charge on any atom is 0.166 e. The van der Waals surface area contributed by atoms with Gasteiger partial charge in [-0.05, 0) is 36.5 Å². The van der Waals surface area contributed by atoms with Gasteiger partial charge < -0.3 is 10.6 Å². The molecule has 0 atom stereocenters. The first-order valence-corrected chi connectivity index (χ1v) is 5.77. The lowest BCUT2D eigenvalue weighted by Gasteiger charge is -2.32. The molecule has 1 saturated heterocycles. The monoisotopic (exact) mass is 220 g/mol. The molecule has 2 nitrogen and oxygen atoms in total. The molecule has 0 bridgehead atoms. The first-order valence-electron chi connectivity index (χ1n) is 5.36. The van der Waals surface area contributed by atoms with Gasteiger partial charge >= 0.3 is 0 Å². The largest absolute Gasteiger partial charge is 0.376 e. The second kappa shape index (κ2) is 4.62. The van der Waals surface area contributed by atoms with E-state index in [9.17, 15) is 0 Å². The molecule has 80 valence electrons. The number of likely N-dealkylation sites (tertiary alicyclic amines) is 1. The Hall–Kier alpha value is -1.09. The van der Waals surface area contributed by atoms with E-state index in [1.165, 1.54) is 5.56 Å². The zero-order valence-electron chi connectivity index (χ0n) is 8.73.